The number of hydrogen-bond acceptors (Lipinski definition) is 6. The first-order valence-corrected chi connectivity index (χ1v) is 11.6. The van der Waals surface area contributed by atoms with Crippen LogP contribution in [-0.4, -0.2) is 43.4 Å². The molecular weight excluding hydrogens is 432 g/mol. The molecule has 0 amide bonds. The molecule has 1 N–H and O–H groups in total. The van der Waals surface area contributed by atoms with E-state index in [2.05, 4.69) is 0 Å². The molecule has 1 fully saturated rings. The third kappa shape index (κ3) is 6.03. The number of aliphatic hydroxyl groups excluding tert-OH is 1. The number of aliphatic hydroxyl groups is 1. The molecule has 180 valence electrons. The van der Waals surface area contributed by atoms with Gasteiger partial charge >= 0.3 is 0 Å². The van der Waals surface area contributed by atoms with Crippen LogP contribution in [0.2, 0.25) is 0 Å². The molecule has 3 aromatic carbocycles. The highest BCUT2D eigenvalue weighted by molar-refractivity contribution is 5.29. The van der Waals surface area contributed by atoms with Crippen molar-refractivity contribution in [1.82, 2.24) is 0 Å². The zero-order valence-electron chi connectivity index (χ0n) is 19.6. The summed E-state index contributed by atoms with van der Waals surface area (Å²) in [5.74, 6) is 0.719. The fraction of sp³-hybridized carbons (Fsp3) is 0.357. The van der Waals surface area contributed by atoms with Gasteiger partial charge in [0.1, 0.15) is 30.2 Å². The summed E-state index contributed by atoms with van der Waals surface area (Å²) in [4.78, 5) is 0. The number of rotatable bonds is 11. The quantitative estimate of drug-likeness (QED) is 0.445. The van der Waals surface area contributed by atoms with Crippen LogP contribution < -0.4 is 4.74 Å². The van der Waals surface area contributed by atoms with Gasteiger partial charge in [0.25, 0.3) is 0 Å². The molecule has 6 nitrogen and oxygen atoms in total. The number of ether oxygens (including phenoxy) is 5. The van der Waals surface area contributed by atoms with Gasteiger partial charge in [0.05, 0.1) is 20.3 Å². The van der Waals surface area contributed by atoms with Crippen molar-refractivity contribution in [2.45, 2.75) is 50.8 Å². The zero-order valence-corrected chi connectivity index (χ0v) is 19.6. The van der Waals surface area contributed by atoms with Gasteiger partial charge in [0.2, 0.25) is 0 Å². The normalized spacial score (nSPS) is 23.0. The predicted molar refractivity (Wildman–Crippen MR) is 128 cm³/mol. The lowest BCUT2D eigenvalue weighted by atomic mass is 9.99. The van der Waals surface area contributed by atoms with E-state index in [-0.39, 0.29) is 0 Å². The highest BCUT2D eigenvalue weighted by Crippen LogP contribution is 2.36. The average molecular weight is 465 g/mol. The summed E-state index contributed by atoms with van der Waals surface area (Å²) in [5, 5.41) is 11.3. The van der Waals surface area contributed by atoms with Gasteiger partial charge in [-0.2, -0.15) is 0 Å². The van der Waals surface area contributed by atoms with E-state index in [1.165, 1.54) is 0 Å². The van der Waals surface area contributed by atoms with E-state index in [1.54, 1.807) is 7.11 Å². The first-order chi connectivity index (χ1) is 16.7. The Kier molecular flexibility index (Phi) is 8.68. The molecule has 1 heterocycles. The molecule has 1 unspecified atom stereocenters. The van der Waals surface area contributed by atoms with Crippen LogP contribution in [-0.2, 0) is 32.2 Å². The van der Waals surface area contributed by atoms with Crippen molar-refractivity contribution in [2.75, 3.05) is 13.7 Å². The summed E-state index contributed by atoms with van der Waals surface area (Å²) in [6, 6.07) is 27.1. The van der Waals surface area contributed by atoms with E-state index >= 15 is 0 Å². The van der Waals surface area contributed by atoms with Gasteiger partial charge in [-0.15, -0.1) is 0 Å². The Labute approximate surface area is 201 Å². The van der Waals surface area contributed by atoms with Crippen LogP contribution in [0.3, 0.4) is 0 Å². The minimum Gasteiger partial charge on any atom is -0.497 e. The van der Waals surface area contributed by atoms with E-state index in [0.717, 1.165) is 16.9 Å². The molecule has 0 radical (unpaired) electrons. The van der Waals surface area contributed by atoms with Gasteiger partial charge < -0.3 is 28.8 Å². The van der Waals surface area contributed by atoms with E-state index in [1.807, 2.05) is 91.9 Å². The summed E-state index contributed by atoms with van der Waals surface area (Å²) in [6.07, 6.45) is -3.32. The van der Waals surface area contributed by atoms with Crippen molar-refractivity contribution in [3.05, 3.63) is 102 Å². The van der Waals surface area contributed by atoms with Crippen molar-refractivity contribution in [3.8, 4) is 5.75 Å². The molecule has 0 aliphatic carbocycles. The molecule has 1 aliphatic rings. The van der Waals surface area contributed by atoms with Gasteiger partial charge in [0, 0.05) is 6.61 Å². The van der Waals surface area contributed by atoms with Gasteiger partial charge in [-0.3, -0.25) is 0 Å². The fourth-order valence-electron chi connectivity index (χ4n) is 4.09. The van der Waals surface area contributed by atoms with Crippen molar-refractivity contribution < 1.29 is 28.8 Å². The Balaban J connectivity index is 1.57. The topological polar surface area (TPSA) is 66.4 Å². The molecule has 0 spiro atoms. The minimum absolute atomic E-state index is 0.366. The van der Waals surface area contributed by atoms with Crippen molar-refractivity contribution in [1.29, 1.82) is 0 Å². The minimum atomic E-state index is -0.931. The van der Waals surface area contributed by atoms with E-state index in [4.69, 9.17) is 23.7 Å². The maximum absolute atomic E-state index is 11.3. The Bertz CT molecular complexity index is 979. The molecule has 5 atom stereocenters. The van der Waals surface area contributed by atoms with Crippen LogP contribution in [0.1, 0.15) is 29.7 Å². The SMILES string of the molecule is CCO[C@@H]1O[C@@H](C(O)c2ccc(OC)cc2)[C@H](OCc2ccccc2)[C@H]1OCc1ccccc1. The molecule has 3 aromatic rings. The fourth-order valence-corrected chi connectivity index (χ4v) is 4.09. The first-order valence-electron chi connectivity index (χ1n) is 11.6. The summed E-state index contributed by atoms with van der Waals surface area (Å²) in [7, 11) is 1.61. The van der Waals surface area contributed by atoms with Gasteiger partial charge in [-0.1, -0.05) is 72.8 Å². The third-order valence-electron chi connectivity index (χ3n) is 5.88. The van der Waals surface area contributed by atoms with Crippen LogP contribution in [0, 0.1) is 0 Å². The molecule has 1 saturated heterocycles. The number of benzene rings is 3. The summed E-state index contributed by atoms with van der Waals surface area (Å²) < 4.78 is 30.0. The van der Waals surface area contributed by atoms with Crippen molar-refractivity contribution in [2.24, 2.45) is 0 Å². The second-order valence-corrected chi connectivity index (χ2v) is 8.16. The molecule has 1 aliphatic heterocycles. The molecule has 34 heavy (non-hydrogen) atoms. The monoisotopic (exact) mass is 464 g/mol. The van der Waals surface area contributed by atoms with Gasteiger partial charge in [0.15, 0.2) is 6.29 Å². The molecule has 6 heteroatoms. The Morgan fingerprint density at radius 1 is 0.765 bits per heavy atom. The lowest BCUT2D eigenvalue weighted by molar-refractivity contribution is -0.186. The zero-order chi connectivity index (χ0) is 23.8. The van der Waals surface area contributed by atoms with E-state index in [9.17, 15) is 5.11 Å². The Morgan fingerprint density at radius 2 is 1.32 bits per heavy atom. The van der Waals surface area contributed by atoms with Gasteiger partial charge in [-0.25, -0.2) is 0 Å². The summed E-state index contributed by atoms with van der Waals surface area (Å²) in [6.45, 7) is 3.11. The Hall–Kier alpha value is -2.74. The second kappa shape index (κ2) is 12.1. The number of hydrogen-bond donors (Lipinski definition) is 1. The molecule has 0 bridgehead atoms. The molecular formula is C28H32O6. The summed E-state index contributed by atoms with van der Waals surface area (Å²) >= 11 is 0. The van der Waals surface area contributed by atoms with E-state index in [0.29, 0.717) is 25.4 Å². The average Bonchev–Trinajstić information content (AvgIpc) is 3.24. The first kappa shape index (κ1) is 24.4. The highest BCUT2D eigenvalue weighted by atomic mass is 16.7. The highest BCUT2D eigenvalue weighted by Gasteiger charge is 2.50. The van der Waals surface area contributed by atoms with Crippen molar-refractivity contribution >= 4 is 0 Å². The van der Waals surface area contributed by atoms with Crippen LogP contribution in [0.4, 0.5) is 0 Å². The lowest BCUT2D eigenvalue weighted by Crippen LogP contribution is -2.40. The molecule has 0 aromatic heterocycles. The smallest absolute Gasteiger partial charge is 0.186 e. The van der Waals surface area contributed by atoms with Crippen LogP contribution in [0.15, 0.2) is 84.9 Å². The van der Waals surface area contributed by atoms with Gasteiger partial charge in [-0.05, 0) is 35.7 Å². The van der Waals surface area contributed by atoms with E-state index < -0.39 is 30.7 Å². The van der Waals surface area contributed by atoms with Crippen molar-refractivity contribution in [3.63, 3.8) is 0 Å². The lowest BCUT2D eigenvalue weighted by Gasteiger charge is -2.27. The third-order valence-corrected chi connectivity index (χ3v) is 5.88. The summed E-state index contributed by atoms with van der Waals surface area (Å²) in [5.41, 5.74) is 2.78. The maximum Gasteiger partial charge on any atom is 0.186 e. The number of methoxy groups -OCH3 is 1. The molecule has 0 saturated carbocycles. The van der Waals surface area contributed by atoms with Crippen LogP contribution in [0.5, 0.6) is 5.75 Å². The molecule has 4 rings (SSSR count). The Morgan fingerprint density at radius 3 is 1.85 bits per heavy atom. The largest absolute Gasteiger partial charge is 0.497 e. The van der Waals surface area contributed by atoms with Crippen LogP contribution >= 0.6 is 0 Å². The second-order valence-electron chi connectivity index (χ2n) is 8.16. The maximum atomic E-state index is 11.3. The van der Waals surface area contributed by atoms with Crippen LogP contribution in [0.25, 0.3) is 0 Å². The standard InChI is InChI=1S/C28H32O6/c1-3-31-28-27(33-19-21-12-8-5-9-13-21)26(32-18-20-10-6-4-7-11-20)25(34-28)24(29)22-14-16-23(30-2)17-15-22/h4-17,24-29H,3,18-19H2,1-2H3/t24?,25-,26-,27+,28+/m0/s1. The predicted octanol–water partition coefficient (Wildman–Crippen LogP) is 4.66.